The van der Waals surface area contributed by atoms with E-state index < -0.39 is 24.3 Å². The summed E-state index contributed by atoms with van der Waals surface area (Å²) in [6, 6.07) is 13.6. The number of hydrogen-bond donors (Lipinski definition) is 1. The van der Waals surface area contributed by atoms with E-state index in [4.69, 9.17) is 4.74 Å². The fourth-order valence-corrected chi connectivity index (χ4v) is 2.40. The van der Waals surface area contributed by atoms with Crippen LogP contribution in [0, 0.1) is 5.82 Å². The van der Waals surface area contributed by atoms with Crippen LogP contribution in [-0.2, 0) is 14.3 Å². The second-order valence-electron chi connectivity index (χ2n) is 5.91. The highest BCUT2D eigenvalue weighted by molar-refractivity contribution is 5.95. The summed E-state index contributed by atoms with van der Waals surface area (Å²) >= 11 is 0. The monoisotopic (exact) mass is 355 g/mol. The minimum Gasteiger partial charge on any atom is -0.452 e. The van der Waals surface area contributed by atoms with Gasteiger partial charge in [-0.05, 0) is 36.1 Å². The molecule has 0 radical (unpaired) electrons. The molecule has 1 atom stereocenters. The van der Waals surface area contributed by atoms with Gasteiger partial charge in [0.15, 0.2) is 6.61 Å². The maximum absolute atomic E-state index is 13.5. The molecule has 2 rings (SSSR count). The number of para-hydroxylation sites is 1. The molecule has 2 aromatic rings. The predicted molar refractivity (Wildman–Crippen MR) is 100 cm³/mol. The maximum atomic E-state index is 13.5. The van der Waals surface area contributed by atoms with Gasteiger partial charge in [0.2, 0.25) is 0 Å². The maximum Gasteiger partial charge on any atom is 0.331 e. The lowest BCUT2D eigenvalue weighted by atomic mass is 9.97. The van der Waals surface area contributed by atoms with Crippen molar-refractivity contribution in [3.63, 3.8) is 0 Å². The number of carbonyl (C=O) groups excluding carboxylic acids is 2. The molecule has 1 amide bonds. The van der Waals surface area contributed by atoms with Gasteiger partial charge in [-0.3, -0.25) is 4.79 Å². The fraction of sp³-hybridized carbons (Fsp3) is 0.238. The third-order valence-corrected chi connectivity index (χ3v) is 4.03. The Kier molecular flexibility index (Phi) is 7.09. The molecule has 0 heterocycles. The number of amides is 1. The van der Waals surface area contributed by atoms with Crippen LogP contribution < -0.4 is 5.32 Å². The van der Waals surface area contributed by atoms with E-state index >= 15 is 0 Å². The molecule has 0 saturated heterocycles. The minimum absolute atomic E-state index is 0.274. The van der Waals surface area contributed by atoms with Gasteiger partial charge in [-0.2, -0.15) is 0 Å². The van der Waals surface area contributed by atoms with Crippen LogP contribution in [0.25, 0.3) is 6.08 Å². The SMILES string of the molecule is CC[C@@H](C)c1ccccc1NC(=O)COC(=O)/C=C/c1ccccc1F. The number of benzene rings is 2. The van der Waals surface area contributed by atoms with Crippen molar-refractivity contribution in [3.05, 3.63) is 71.6 Å². The van der Waals surface area contributed by atoms with E-state index in [1.807, 2.05) is 24.3 Å². The Morgan fingerprint density at radius 1 is 1.15 bits per heavy atom. The Hall–Kier alpha value is -2.95. The average molecular weight is 355 g/mol. The zero-order valence-corrected chi connectivity index (χ0v) is 14.9. The first-order chi connectivity index (χ1) is 12.5. The second kappa shape index (κ2) is 9.51. The first-order valence-electron chi connectivity index (χ1n) is 8.49. The summed E-state index contributed by atoms with van der Waals surface area (Å²) in [5.41, 5.74) is 2.02. The Morgan fingerprint density at radius 2 is 1.85 bits per heavy atom. The van der Waals surface area contributed by atoms with Crippen molar-refractivity contribution in [2.24, 2.45) is 0 Å². The molecule has 0 aromatic heterocycles. The molecular formula is C21H22FNO3. The molecule has 0 spiro atoms. The molecule has 1 N–H and O–H groups in total. The van der Waals surface area contributed by atoms with Crippen LogP contribution in [0.4, 0.5) is 10.1 Å². The molecule has 0 aliphatic carbocycles. The van der Waals surface area contributed by atoms with Crippen molar-refractivity contribution in [1.82, 2.24) is 0 Å². The van der Waals surface area contributed by atoms with E-state index in [1.165, 1.54) is 18.2 Å². The summed E-state index contributed by atoms with van der Waals surface area (Å²) in [6.45, 7) is 3.75. The van der Waals surface area contributed by atoms with Gasteiger partial charge in [-0.25, -0.2) is 9.18 Å². The summed E-state index contributed by atoms with van der Waals surface area (Å²) in [5, 5.41) is 2.76. The predicted octanol–water partition coefficient (Wildman–Crippen LogP) is 4.53. The fourth-order valence-electron chi connectivity index (χ4n) is 2.40. The van der Waals surface area contributed by atoms with Crippen molar-refractivity contribution in [2.75, 3.05) is 11.9 Å². The lowest BCUT2D eigenvalue weighted by molar-refractivity contribution is -0.142. The van der Waals surface area contributed by atoms with E-state index in [1.54, 1.807) is 12.1 Å². The molecule has 0 fully saturated rings. The zero-order valence-electron chi connectivity index (χ0n) is 14.9. The number of nitrogens with one attached hydrogen (secondary N) is 1. The number of anilines is 1. The van der Waals surface area contributed by atoms with Gasteiger partial charge in [-0.15, -0.1) is 0 Å². The van der Waals surface area contributed by atoms with Gasteiger partial charge in [0.25, 0.3) is 5.91 Å². The summed E-state index contributed by atoms with van der Waals surface area (Å²) in [6.07, 6.45) is 3.36. The molecular weight excluding hydrogens is 333 g/mol. The Morgan fingerprint density at radius 3 is 2.58 bits per heavy atom. The minimum atomic E-state index is -0.710. The Bertz CT molecular complexity index is 801. The van der Waals surface area contributed by atoms with Crippen molar-refractivity contribution >= 4 is 23.6 Å². The zero-order chi connectivity index (χ0) is 18.9. The normalized spacial score (nSPS) is 12.0. The van der Waals surface area contributed by atoms with Crippen LogP contribution >= 0.6 is 0 Å². The smallest absolute Gasteiger partial charge is 0.331 e. The van der Waals surface area contributed by atoms with E-state index in [0.717, 1.165) is 18.1 Å². The highest BCUT2D eigenvalue weighted by atomic mass is 19.1. The molecule has 0 aliphatic rings. The third kappa shape index (κ3) is 5.55. The molecule has 0 unspecified atom stereocenters. The standard InChI is InChI=1S/C21H22FNO3/c1-3-15(2)17-9-5-7-11-19(17)23-20(24)14-26-21(25)13-12-16-8-4-6-10-18(16)22/h4-13,15H,3,14H2,1-2H3,(H,23,24)/b13-12+/t15-/m1/s1. The summed E-state index contributed by atoms with van der Waals surface area (Å²) < 4.78 is 18.4. The summed E-state index contributed by atoms with van der Waals surface area (Å²) in [4.78, 5) is 23.7. The lowest BCUT2D eigenvalue weighted by Gasteiger charge is -2.15. The number of carbonyl (C=O) groups is 2. The van der Waals surface area contributed by atoms with Crippen LogP contribution in [0.1, 0.15) is 37.3 Å². The van der Waals surface area contributed by atoms with Gasteiger partial charge in [-0.1, -0.05) is 50.2 Å². The third-order valence-electron chi connectivity index (χ3n) is 4.03. The van der Waals surface area contributed by atoms with Crippen LogP contribution in [0.2, 0.25) is 0 Å². The first kappa shape index (κ1) is 19.4. The van der Waals surface area contributed by atoms with Crippen molar-refractivity contribution in [1.29, 1.82) is 0 Å². The van der Waals surface area contributed by atoms with Crippen molar-refractivity contribution in [3.8, 4) is 0 Å². The number of rotatable bonds is 7. The largest absolute Gasteiger partial charge is 0.452 e. The van der Waals surface area contributed by atoms with Crippen LogP contribution in [0.3, 0.4) is 0 Å². The van der Waals surface area contributed by atoms with Crippen LogP contribution in [0.5, 0.6) is 0 Å². The topological polar surface area (TPSA) is 55.4 Å². The van der Waals surface area contributed by atoms with Gasteiger partial charge < -0.3 is 10.1 Å². The van der Waals surface area contributed by atoms with Crippen LogP contribution in [0.15, 0.2) is 54.6 Å². The second-order valence-corrected chi connectivity index (χ2v) is 5.91. The molecule has 0 aliphatic heterocycles. The molecule has 26 heavy (non-hydrogen) atoms. The number of ether oxygens (including phenoxy) is 1. The van der Waals surface area contributed by atoms with E-state index in [-0.39, 0.29) is 5.56 Å². The van der Waals surface area contributed by atoms with Gasteiger partial charge >= 0.3 is 5.97 Å². The van der Waals surface area contributed by atoms with Gasteiger partial charge in [0, 0.05) is 17.3 Å². The van der Waals surface area contributed by atoms with Crippen LogP contribution in [-0.4, -0.2) is 18.5 Å². The molecule has 2 aromatic carbocycles. The van der Waals surface area contributed by atoms with E-state index in [2.05, 4.69) is 19.2 Å². The first-order valence-corrected chi connectivity index (χ1v) is 8.49. The Labute approximate surface area is 152 Å². The quantitative estimate of drug-likeness (QED) is 0.586. The average Bonchev–Trinajstić information content (AvgIpc) is 2.65. The summed E-state index contributed by atoms with van der Waals surface area (Å²) in [7, 11) is 0. The molecule has 0 saturated carbocycles. The van der Waals surface area contributed by atoms with E-state index in [9.17, 15) is 14.0 Å². The molecule has 136 valence electrons. The number of esters is 1. The Balaban J connectivity index is 1.89. The molecule has 5 heteroatoms. The van der Waals surface area contributed by atoms with Gasteiger partial charge in [0.1, 0.15) is 5.82 Å². The van der Waals surface area contributed by atoms with Crippen molar-refractivity contribution < 1.29 is 18.7 Å². The number of hydrogen-bond acceptors (Lipinski definition) is 3. The highest BCUT2D eigenvalue weighted by Gasteiger charge is 2.12. The van der Waals surface area contributed by atoms with E-state index in [0.29, 0.717) is 11.6 Å². The van der Waals surface area contributed by atoms with Crippen molar-refractivity contribution in [2.45, 2.75) is 26.2 Å². The van der Waals surface area contributed by atoms with Gasteiger partial charge in [0.05, 0.1) is 0 Å². The molecule has 4 nitrogen and oxygen atoms in total. The highest BCUT2D eigenvalue weighted by Crippen LogP contribution is 2.26. The summed E-state index contributed by atoms with van der Waals surface area (Å²) in [5.74, 6) is -1.26. The lowest BCUT2D eigenvalue weighted by Crippen LogP contribution is -2.21. The molecule has 0 bridgehead atoms. The number of halogens is 1.